The average molecular weight is 394 g/mol. The van der Waals surface area contributed by atoms with Crippen LogP contribution in [0.4, 0.5) is 14.5 Å². The summed E-state index contributed by atoms with van der Waals surface area (Å²) in [5.74, 6) is -1.93. The van der Waals surface area contributed by atoms with Crippen molar-refractivity contribution in [2.24, 2.45) is 0 Å². The summed E-state index contributed by atoms with van der Waals surface area (Å²) in [5.41, 5.74) is 0.0937. The Bertz CT molecular complexity index is 875. The van der Waals surface area contributed by atoms with Gasteiger partial charge in [0.25, 0.3) is 11.6 Å². The number of esters is 1. The number of carbonyl (C=O) groups is 2. The summed E-state index contributed by atoms with van der Waals surface area (Å²) in [6, 6.07) is 10.9. The molecule has 0 aliphatic heterocycles. The summed E-state index contributed by atoms with van der Waals surface area (Å²) in [6.07, 6.45) is -0.793. The van der Waals surface area contributed by atoms with Crippen LogP contribution in [-0.2, 0) is 9.53 Å². The van der Waals surface area contributed by atoms with Crippen molar-refractivity contribution in [1.29, 1.82) is 0 Å². The number of nitro benzene ring substituents is 1. The van der Waals surface area contributed by atoms with E-state index in [0.717, 1.165) is 0 Å². The number of benzene rings is 2. The van der Waals surface area contributed by atoms with E-state index in [-0.39, 0.29) is 17.0 Å². The first-order valence-corrected chi connectivity index (χ1v) is 8.03. The molecule has 8 nitrogen and oxygen atoms in total. The van der Waals surface area contributed by atoms with Gasteiger partial charge in [-0.05, 0) is 24.6 Å². The SMILES string of the molecule is C[C@@H](OC(=O)CNC(=O)c1ccccc1OC(F)F)c1cccc([N+](=O)[O-])c1. The average Bonchev–Trinajstić information content (AvgIpc) is 2.66. The third-order valence-corrected chi connectivity index (χ3v) is 3.60. The second kappa shape index (κ2) is 9.40. The van der Waals surface area contributed by atoms with Gasteiger partial charge in [-0.25, -0.2) is 0 Å². The monoisotopic (exact) mass is 394 g/mol. The van der Waals surface area contributed by atoms with Gasteiger partial charge in [0.05, 0.1) is 10.5 Å². The zero-order chi connectivity index (χ0) is 20.7. The van der Waals surface area contributed by atoms with Crippen molar-refractivity contribution >= 4 is 17.6 Å². The normalized spacial score (nSPS) is 11.6. The molecule has 0 unspecified atom stereocenters. The Kier molecular flexibility index (Phi) is 6.96. The summed E-state index contributed by atoms with van der Waals surface area (Å²) in [6.45, 7) is -2.11. The Morgan fingerprint density at radius 3 is 2.57 bits per heavy atom. The number of nitro groups is 1. The van der Waals surface area contributed by atoms with E-state index in [1.54, 1.807) is 6.07 Å². The van der Waals surface area contributed by atoms with E-state index in [2.05, 4.69) is 10.1 Å². The topological polar surface area (TPSA) is 108 Å². The highest BCUT2D eigenvalue weighted by Gasteiger charge is 2.18. The molecule has 0 aliphatic rings. The second-order valence-electron chi connectivity index (χ2n) is 5.54. The van der Waals surface area contributed by atoms with Crippen LogP contribution >= 0.6 is 0 Å². The lowest BCUT2D eigenvalue weighted by Crippen LogP contribution is -2.31. The van der Waals surface area contributed by atoms with E-state index in [1.807, 2.05) is 0 Å². The van der Waals surface area contributed by atoms with E-state index >= 15 is 0 Å². The molecule has 10 heteroatoms. The highest BCUT2D eigenvalue weighted by Crippen LogP contribution is 2.22. The number of rotatable bonds is 8. The third-order valence-electron chi connectivity index (χ3n) is 3.60. The van der Waals surface area contributed by atoms with Gasteiger partial charge in [-0.2, -0.15) is 8.78 Å². The maximum atomic E-state index is 12.4. The molecule has 1 N–H and O–H groups in total. The van der Waals surface area contributed by atoms with E-state index in [4.69, 9.17) is 4.74 Å². The molecule has 1 atom stereocenters. The fraction of sp³-hybridized carbons (Fsp3) is 0.222. The molecule has 0 aliphatic carbocycles. The molecule has 2 rings (SSSR count). The lowest BCUT2D eigenvalue weighted by atomic mass is 10.1. The van der Waals surface area contributed by atoms with Gasteiger partial charge in [-0.1, -0.05) is 24.3 Å². The zero-order valence-corrected chi connectivity index (χ0v) is 14.6. The van der Waals surface area contributed by atoms with Crippen LogP contribution in [0, 0.1) is 10.1 Å². The number of hydrogen-bond acceptors (Lipinski definition) is 6. The third kappa shape index (κ3) is 5.73. The summed E-state index contributed by atoms with van der Waals surface area (Å²) < 4.78 is 34.2. The number of alkyl halides is 2. The van der Waals surface area contributed by atoms with Crippen molar-refractivity contribution in [1.82, 2.24) is 5.32 Å². The molecule has 148 valence electrons. The fourth-order valence-corrected chi connectivity index (χ4v) is 2.30. The standard InChI is InChI=1S/C18H16F2N2O6/c1-11(12-5-4-6-13(9-12)22(25)26)27-16(23)10-21-17(24)14-7-2-3-8-15(14)28-18(19)20/h2-9,11,18H,10H2,1H3,(H,21,24)/t11-/m1/s1. The number of ether oxygens (including phenoxy) is 2. The van der Waals surface area contributed by atoms with Crippen LogP contribution < -0.4 is 10.1 Å². The molecule has 28 heavy (non-hydrogen) atoms. The van der Waals surface area contributed by atoms with Crippen molar-refractivity contribution in [3.8, 4) is 5.75 Å². The molecule has 0 aromatic heterocycles. The van der Waals surface area contributed by atoms with Gasteiger partial charge < -0.3 is 14.8 Å². The van der Waals surface area contributed by atoms with Crippen molar-refractivity contribution in [2.45, 2.75) is 19.6 Å². The molecule has 0 heterocycles. The van der Waals surface area contributed by atoms with Crippen LogP contribution in [0.25, 0.3) is 0 Å². The molecule has 1 amide bonds. The number of hydrogen-bond donors (Lipinski definition) is 1. The minimum absolute atomic E-state index is 0.149. The Morgan fingerprint density at radius 2 is 1.89 bits per heavy atom. The predicted octanol–water partition coefficient (Wildman–Crippen LogP) is 3.23. The van der Waals surface area contributed by atoms with E-state index in [0.29, 0.717) is 5.56 Å². The second-order valence-corrected chi connectivity index (χ2v) is 5.54. The van der Waals surface area contributed by atoms with Gasteiger partial charge in [-0.3, -0.25) is 19.7 Å². The largest absolute Gasteiger partial charge is 0.456 e. The highest BCUT2D eigenvalue weighted by atomic mass is 19.3. The number of carbonyl (C=O) groups excluding carboxylic acids is 2. The van der Waals surface area contributed by atoms with Gasteiger partial charge in [0, 0.05) is 12.1 Å². The van der Waals surface area contributed by atoms with Crippen LogP contribution in [0.1, 0.15) is 28.9 Å². The maximum absolute atomic E-state index is 12.4. The van der Waals surface area contributed by atoms with Crippen LogP contribution in [0.3, 0.4) is 0 Å². The summed E-state index contributed by atoms with van der Waals surface area (Å²) >= 11 is 0. The number of halogens is 2. The van der Waals surface area contributed by atoms with Crippen molar-refractivity contribution in [2.75, 3.05) is 6.54 Å². The first kappa shape index (κ1) is 20.7. The van der Waals surface area contributed by atoms with Crippen molar-refractivity contribution in [3.05, 3.63) is 69.8 Å². The number of amides is 1. The molecular formula is C18H16F2N2O6. The van der Waals surface area contributed by atoms with Crippen LogP contribution in [0.2, 0.25) is 0 Å². The Morgan fingerprint density at radius 1 is 1.18 bits per heavy atom. The van der Waals surface area contributed by atoms with Gasteiger partial charge >= 0.3 is 12.6 Å². The molecule has 0 spiro atoms. The van der Waals surface area contributed by atoms with E-state index in [9.17, 15) is 28.5 Å². The van der Waals surface area contributed by atoms with Crippen LogP contribution in [0.15, 0.2) is 48.5 Å². The summed E-state index contributed by atoms with van der Waals surface area (Å²) in [5, 5.41) is 13.0. The smallest absolute Gasteiger partial charge is 0.387 e. The molecule has 0 fully saturated rings. The number of non-ortho nitro benzene ring substituents is 1. The molecule has 0 saturated heterocycles. The Hall–Kier alpha value is -3.56. The van der Waals surface area contributed by atoms with Crippen LogP contribution in [0.5, 0.6) is 5.75 Å². The quantitative estimate of drug-likeness (QED) is 0.418. The van der Waals surface area contributed by atoms with Crippen molar-refractivity contribution in [3.63, 3.8) is 0 Å². The fourth-order valence-electron chi connectivity index (χ4n) is 2.30. The molecular weight excluding hydrogens is 378 g/mol. The van der Waals surface area contributed by atoms with Gasteiger partial charge in [0.2, 0.25) is 0 Å². The highest BCUT2D eigenvalue weighted by molar-refractivity contribution is 5.98. The van der Waals surface area contributed by atoms with Gasteiger partial charge in [0.1, 0.15) is 18.4 Å². The minimum Gasteiger partial charge on any atom is -0.456 e. The first-order chi connectivity index (χ1) is 13.3. The molecule has 0 radical (unpaired) electrons. The molecule has 0 bridgehead atoms. The Balaban J connectivity index is 1.94. The molecule has 2 aromatic rings. The van der Waals surface area contributed by atoms with Gasteiger partial charge in [-0.15, -0.1) is 0 Å². The summed E-state index contributed by atoms with van der Waals surface area (Å²) in [4.78, 5) is 34.3. The summed E-state index contributed by atoms with van der Waals surface area (Å²) in [7, 11) is 0. The molecule has 2 aromatic carbocycles. The number of nitrogens with one attached hydrogen (secondary N) is 1. The first-order valence-electron chi connectivity index (χ1n) is 8.03. The lowest BCUT2D eigenvalue weighted by Gasteiger charge is -2.14. The number of nitrogens with zero attached hydrogens (tertiary/aromatic N) is 1. The van der Waals surface area contributed by atoms with Crippen molar-refractivity contribution < 1.29 is 32.8 Å². The van der Waals surface area contributed by atoms with E-state index in [1.165, 1.54) is 49.4 Å². The Labute approximate surface area is 158 Å². The minimum atomic E-state index is -3.10. The van der Waals surface area contributed by atoms with E-state index < -0.39 is 36.1 Å². The maximum Gasteiger partial charge on any atom is 0.387 e. The zero-order valence-electron chi connectivity index (χ0n) is 14.6. The lowest BCUT2D eigenvalue weighted by molar-refractivity contribution is -0.385. The molecule has 0 saturated carbocycles. The van der Waals surface area contributed by atoms with Gasteiger partial charge in [0.15, 0.2) is 0 Å². The number of para-hydroxylation sites is 1. The predicted molar refractivity (Wildman–Crippen MR) is 93.0 cm³/mol. The van der Waals surface area contributed by atoms with Crippen LogP contribution in [-0.4, -0.2) is 30.0 Å².